The van der Waals surface area contributed by atoms with E-state index >= 15 is 0 Å². The van der Waals surface area contributed by atoms with E-state index in [1.54, 1.807) is 7.11 Å². The van der Waals surface area contributed by atoms with Crippen molar-refractivity contribution in [2.24, 2.45) is 0 Å². The van der Waals surface area contributed by atoms with Gasteiger partial charge in [-0.3, -0.25) is 4.79 Å². The van der Waals surface area contributed by atoms with Gasteiger partial charge >= 0.3 is 5.97 Å². The zero-order chi connectivity index (χ0) is 22.6. The molecule has 0 unspecified atom stereocenters. The van der Waals surface area contributed by atoms with Gasteiger partial charge in [-0.25, -0.2) is 4.79 Å². The third-order valence-electron chi connectivity index (χ3n) is 5.63. The van der Waals surface area contributed by atoms with E-state index in [2.05, 4.69) is 31.3 Å². The Hall–Kier alpha value is -3.32. The largest absolute Gasteiger partial charge is 0.495 e. The third kappa shape index (κ3) is 4.41. The molecule has 164 valence electrons. The summed E-state index contributed by atoms with van der Waals surface area (Å²) in [7, 11) is 2.82. The molecule has 1 aliphatic heterocycles. The van der Waals surface area contributed by atoms with Gasteiger partial charge in [-0.15, -0.1) is 0 Å². The SMILES string of the molecule is COC(=O)C1=C(Nc2cc(C(C)(C)c3ccccc3)ccc2OC)C(=O)N(CCO)C1. The molecule has 1 heterocycles. The summed E-state index contributed by atoms with van der Waals surface area (Å²) in [4.78, 5) is 26.6. The Morgan fingerprint density at radius 3 is 2.45 bits per heavy atom. The summed E-state index contributed by atoms with van der Waals surface area (Å²) in [6.07, 6.45) is 0. The molecule has 7 nitrogen and oxygen atoms in total. The number of anilines is 1. The molecular formula is C24H28N2O5. The number of ether oxygens (including phenoxy) is 2. The minimum absolute atomic E-state index is 0.0753. The van der Waals surface area contributed by atoms with Gasteiger partial charge in [0.25, 0.3) is 5.91 Å². The Morgan fingerprint density at radius 1 is 1.13 bits per heavy atom. The predicted molar refractivity (Wildman–Crippen MR) is 118 cm³/mol. The lowest BCUT2D eigenvalue weighted by atomic mass is 9.78. The fourth-order valence-electron chi connectivity index (χ4n) is 3.70. The fourth-order valence-corrected chi connectivity index (χ4v) is 3.70. The van der Waals surface area contributed by atoms with Crippen LogP contribution in [-0.2, 0) is 19.7 Å². The molecule has 1 aliphatic rings. The zero-order valence-electron chi connectivity index (χ0n) is 18.3. The lowest BCUT2D eigenvalue weighted by Gasteiger charge is -2.27. The Kier molecular flexibility index (Phi) is 6.65. The molecule has 0 spiro atoms. The van der Waals surface area contributed by atoms with Crippen molar-refractivity contribution in [1.82, 2.24) is 4.90 Å². The number of methoxy groups -OCH3 is 2. The van der Waals surface area contributed by atoms with Crippen LogP contribution < -0.4 is 10.1 Å². The number of rotatable bonds is 8. The molecule has 0 aliphatic carbocycles. The van der Waals surface area contributed by atoms with Crippen LogP contribution in [-0.4, -0.2) is 55.8 Å². The molecule has 0 radical (unpaired) electrons. The second-order valence-corrected chi connectivity index (χ2v) is 7.83. The average Bonchev–Trinajstić information content (AvgIpc) is 3.09. The Labute approximate surface area is 182 Å². The van der Waals surface area contributed by atoms with Crippen LogP contribution in [0.1, 0.15) is 25.0 Å². The van der Waals surface area contributed by atoms with E-state index in [1.807, 2.05) is 36.4 Å². The highest BCUT2D eigenvalue weighted by Crippen LogP contribution is 2.37. The van der Waals surface area contributed by atoms with Crippen LogP contribution in [0.2, 0.25) is 0 Å². The topological polar surface area (TPSA) is 88.1 Å². The maximum Gasteiger partial charge on any atom is 0.337 e. The van der Waals surface area contributed by atoms with E-state index in [0.717, 1.165) is 11.1 Å². The van der Waals surface area contributed by atoms with Gasteiger partial charge in [0.2, 0.25) is 0 Å². The molecule has 31 heavy (non-hydrogen) atoms. The van der Waals surface area contributed by atoms with Crippen LogP contribution in [0.3, 0.4) is 0 Å². The number of aliphatic hydroxyl groups excluding tert-OH is 1. The molecule has 0 saturated heterocycles. The lowest BCUT2D eigenvalue weighted by Crippen LogP contribution is -2.31. The van der Waals surface area contributed by atoms with E-state index in [9.17, 15) is 14.7 Å². The van der Waals surface area contributed by atoms with Gasteiger partial charge in [-0.2, -0.15) is 0 Å². The van der Waals surface area contributed by atoms with E-state index in [4.69, 9.17) is 9.47 Å². The number of carbonyl (C=O) groups excluding carboxylic acids is 2. The number of benzene rings is 2. The lowest BCUT2D eigenvalue weighted by molar-refractivity contribution is -0.136. The molecule has 0 atom stereocenters. The highest BCUT2D eigenvalue weighted by Gasteiger charge is 2.35. The highest BCUT2D eigenvalue weighted by molar-refractivity contribution is 6.08. The molecule has 7 heteroatoms. The van der Waals surface area contributed by atoms with Gasteiger partial charge in [0.15, 0.2) is 0 Å². The average molecular weight is 424 g/mol. The van der Waals surface area contributed by atoms with Crippen molar-refractivity contribution in [3.8, 4) is 5.75 Å². The number of β-amino-alcohol motifs (C(OH)–C–C–N with tert-alkyl or cyclic N) is 1. The molecule has 2 N–H and O–H groups in total. The van der Waals surface area contributed by atoms with Crippen LogP contribution in [0.4, 0.5) is 5.69 Å². The normalized spacial score (nSPS) is 14.1. The number of nitrogens with zero attached hydrogens (tertiary/aromatic N) is 1. The first-order valence-corrected chi connectivity index (χ1v) is 10.1. The minimum Gasteiger partial charge on any atom is -0.495 e. The third-order valence-corrected chi connectivity index (χ3v) is 5.63. The van der Waals surface area contributed by atoms with Gasteiger partial charge in [-0.1, -0.05) is 50.2 Å². The van der Waals surface area contributed by atoms with Crippen molar-refractivity contribution in [2.75, 3.05) is 39.2 Å². The first-order chi connectivity index (χ1) is 14.8. The number of hydrogen-bond donors (Lipinski definition) is 2. The summed E-state index contributed by atoms with van der Waals surface area (Å²) in [5.41, 5.74) is 2.78. The number of hydrogen-bond acceptors (Lipinski definition) is 6. The molecule has 2 aromatic carbocycles. The van der Waals surface area contributed by atoms with E-state index < -0.39 is 5.97 Å². The first-order valence-electron chi connectivity index (χ1n) is 10.1. The summed E-state index contributed by atoms with van der Waals surface area (Å²) < 4.78 is 10.4. The van der Waals surface area contributed by atoms with Crippen LogP contribution in [0.5, 0.6) is 5.75 Å². The van der Waals surface area contributed by atoms with Crippen molar-refractivity contribution < 1.29 is 24.2 Å². The summed E-state index contributed by atoms with van der Waals surface area (Å²) in [5, 5.41) is 12.4. The zero-order valence-corrected chi connectivity index (χ0v) is 18.3. The maximum atomic E-state index is 12.9. The summed E-state index contributed by atoms with van der Waals surface area (Å²) >= 11 is 0. The van der Waals surface area contributed by atoms with Crippen molar-refractivity contribution in [3.63, 3.8) is 0 Å². The van der Waals surface area contributed by atoms with Crippen LogP contribution in [0.15, 0.2) is 59.8 Å². The number of carbonyl (C=O) groups is 2. The van der Waals surface area contributed by atoms with Crippen molar-refractivity contribution >= 4 is 17.6 Å². The van der Waals surface area contributed by atoms with Gasteiger partial charge in [0.05, 0.1) is 38.6 Å². The molecule has 1 amide bonds. The van der Waals surface area contributed by atoms with Gasteiger partial charge < -0.3 is 24.8 Å². The molecule has 0 bridgehead atoms. The number of aliphatic hydroxyl groups is 1. The molecule has 2 aromatic rings. The standard InChI is InChI=1S/C24H28N2O5/c1-24(2,16-8-6-5-7-9-16)17-10-11-20(30-3)19(14-17)25-21-18(23(29)31-4)15-26(12-13-27)22(21)28/h5-11,14,25,27H,12-13,15H2,1-4H3. The maximum absolute atomic E-state index is 12.9. The number of esters is 1. The monoisotopic (exact) mass is 424 g/mol. The molecule has 0 fully saturated rings. The highest BCUT2D eigenvalue weighted by atomic mass is 16.5. The Morgan fingerprint density at radius 2 is 1.84 bits per heavy atom. The van der Waals surface area contributed by atoms with Crippen molar-refractivity contribution in [1.29, 1.82) is 0 Å². The van der Waals surface area contributed by atoms with E-state index in [1.165, 1.54) is 12.0 Å². The van der Waals surface area contributed by atoms with Gasteiger partial charge in [-0.05, 0) is 23.3 Å². The van der Waals surface area contributed by atoms with Gasteiger partial charge in [0, 0.05) is 12.0 Å². The van der Waals surface area contributed by atoms with Crippen molar-refractivity contribution in [3.05, 3.63) is 70.9 Å². The minimum atomic E-state index is -0.587. The summed E-state index contributed by atoms with van der Waals surface area (Å²) in [6, 6.07) is 15.9. The summed E-state index contributed by atoms with van der Waals surface area (Å²) in [5.74, 6) is -0.419. The molecule has 0 aromatic heterocycles. The Balaban J connectivity index is 2.02. The van der Waals surface area contributed by atoms with Crippen LogP contribution in [0, 0.1) is 0 Å². The first kappa shape index (κ1) is 22.4. The fraction of sp³-hybridized carbons (Fsp3) is 0.333. The molecular weight excluding hydrogens is 396 g/mol. The second-order valence-electron chi connectivity index (χ2n) is 7.83. The molecule has 0 saturated carbocycles. The van der Waals surface area contributed by atoms with E-state index in [0.29, 0.717) is 11.4 Å². The smallest absolute Gasteiger partial charge is 0.337 e. The van der Waals surface area contributed by atoms with Crippen molar-refractivity contribution in [2.45, 2.75) is 19.3 Å². The van der Waals surface area contributed by atoms with Gasteiger partial charge in [0.1, 0.15) is 11.4 Å². The predicted octanol–water partition coefficient (Wildman–Crippen LogP) is 2.69. The summed E-state index contributed by atoms with van der Waals surface area (Å²) in [6.45, 7) is 4.25. The number of amides is 1. The Bertz CT molecular complexity index is 998. The van der Waals surface area contributed by atoms with E-state index in [-0.39, 0.29) is 42.3 Å². The van der Waals surface area contributed by atoms with Crippen LogP contribution in [0.25, 0.3) is 0 Å². The number of nitrogens with one attached hydrogen (secondary N) is 1. The molecule has 3 rings (SSSR count). The van der Waals surface area contributed by atoms with Crippen LogP contribution >= 0.6 is 0 Å². The quantitative estimate of drug-likeness (QED) is 0.634. The second kappa shape index (κ2) is 9.22.